The van der Waals surface area contributed by atoms with Crippen molar-refractivity contribution in [3.05, 3.63) is 63.7 Å². The number of unbranched alkanes of at least 4 members (excludes halogenated alkanes) is 1. The van der Waals surface area contributed by atoms with Crippen LogP contribution in [0.2, 0.25) is 0 Å². The summed E-state index contributed by atoms with van der Waals surface area (Å²) < 4.78 is 6.80. The first-order chi connectivity index (χ1) is 14.5. The number of nitrogens with one attached hydrogen (secondary N) is 1. The number of carbonyl (C=O) groups excluding carboxylic acids is 2. The number of carbonyl (C=O) groups is 2. The highest BCUT2D eigenvalue weighted by Gasteiger charge is 2.28. The minimum absolute atomic E-state index is 0.0892. The number of halogens is 1. The van der Waals surface area contributed by atoms with Gasteiger partial charge in [0.1, 0.15) is 11.8 Å². The molecule has 2 aromatic rings. The maximum atomic E-state index is 13.1. The molecule has 0 aromatic heterocycles. The zero-order valence-corrected chi connectivity index (χ0v) is 19.9. The van der Waals surface area contributed by atoms with Crippen molar-refractivity contribution in [3.63, 3.8) is 0 Å². The second-order valence-corrected chi connectivity index (χ2v) is 8.38. The van der Waals surface area contributed by atoms with Crippen molar-refractivity contribution in [2.45, 2.75) is 45.6 Å². The molecule has 1 unspecified atom stereocenters. The van der Waals surface area contributed by atoms with E-state index in [1.54, 1.807) is 4.90 Å². The van der Waals surface area contributed by atoms with Gasteiger partial charge in [0.15, 0.2) is 6.61 Å². The predicted molar refractivity (Wildman–Crippen MR) is 129 cm³/mol. The van der Waals surface area contributed by atoms with Gasteiger partial charge in [0.2, 0.25) is 5.91 Å². The fourth-order valence-corrected chi connectivity index (χ4v) is 3.52. The van der Waals surface area contributed by atoms with Gasteiger partial charge >= 0.3 is 0 Å². The highest BCUT2D eigenvalue weighted by atomic mass is 127. The minimum Gasteiger partial charge on any atom is -0.484 e. The SMILES string of the molecule is CCCCNC(=O)C(CC)N(CCc1ccccc1)C(=O)COc1ccc(I)cc1. The third-order valence-corrected chi connectivity index (χ3v) is 5.59. The molecule has 0 aliphatic carbocycles. The van der Waals surface area contributed by atoms with Crippen molar-refractivity contribution in [2.24, 2.45) is 0 Å². The summed E-state index contributed by atoms with van der Waals surface area (Å²) in [5.74, 6) is 0.371. The number of hydrogen-bond acceptors (Lipinski definition) is 3. The number of benzene rings is 2. The predicted octanol–water partition coefficient (Wildman–Crippen LogP) is 4.44. The molecule has 0 aliphatic rings. The molecule has 0 fully saturated rings. The third kappa shape index (κ3) is 7.97. The molecule has 1 atom stereocenters. The Kier molecular flexibility index (Phi) is 10.7. The fraction of sp³-hybridized carbons (Fsp3) is 0.417. The first kappa shape index (κ1) is 24.2. The van der Waals surface area contributed by atoms with Crippen LogP contribution in [0.15, 0.2) is 54.6 Å². The zero-order chi connectivity index (χ0) is 21.8. The Balaban J connectivity index is 2.08. The summed E-state index contributed by atoms with van der Waals surface area (Å²) in [6, 6.07) is 17.1. The van der Waals surface area contributed by atoms with Crippen LogP contribution < -0.4 is 10.1 Å². The topological polar surface area (TPSA) is 58.6 Å². The lowest BCUT2D eigenvalue weighted by Crippen LogP contribution is -2.51. The second-order valence-electron chi connectivity index (χ2n) is 7.13. The standard InChI is InChI=1S/C24H31IN2O3/c1-3-5-16-26-24(29)22(4-2)27(17-15-19-9-7-6-8-10-19)23(28)18-30-21-13-11-20(25)12-14-21/h6-14,22H,3-5,15-18H2,1-2H3,(H,26,29). The van der Waals surface area contributed by atoms with E-state index < -0.39 is 6.04 Å². The molecular formula is C24H31IN2O3. The van der Waals surface area contributed by atoms with Gasteiger partial charge in [0, 0.05) is 16.7 Å². The van der Waals surface area contributed by atoms with E-state index in [0.717, 1.165) is 22.0 Å². The summed E-state index contributed by atoms with van der Waals surface area (Å²) in [4.78, 5) is 27.5. The number of amides is 2. The van der Waals surface area contributed by atoms with E-state index in [9.17, 15) is 9.59 Å². The minimum atomic E-state index is -0.501. The molecule has 0 heterocycles. The Morgan fingerprint density at radius 3 is 2.40 bits per heavy atom. The normalized spacial score (nSPS) is 11.6. The van der Waals surface area contributed by atoms with Crippen LogP contribution in [0, 0.1) is 3.57 Å². The summed E-state index contributed by atoms with van der Waals surface area (Å²) >= 11 is 2.22. The van der Waals surface area contributed by atoms with Crippen LogP contribution >= 0.6 is 22.6 Å². The smallest absolute Gasteiger partial charge is 0.261 e. The summed E-state index contributed by atoms with van der Waals surface area (Å²) in [5, 5.41) is 2.97. The summed E-state index contributed by atoms with van der Waals surface area (Å²) in [7, 11) is 0. The first-order valence-corrected chi connectivity index (χ1v) is 11.6. The van der Waals surface area contributed by atoms with Crippen LogP contribution in [0.5, 0.6) is 5.75 Å². The zero-order valence-electron chi connectivity index (χ0n) is 17.8. The summed E-state index contributed by atoms with van der Waals surface area (Å²) in [6.45, 7) is 5.03. The van der Waals surface area contributed by atoms with Gasteiger partial charge in [-0.15, -0.1) is 0 Å². The van der Waals surface area contributed by atoms with Crippen molar-refractivity contribution in [2.75, 3.05) is 19.7 Å². The lowest BCUT2D eigenvalue weighted by molar-refractivity contribution is -0.142. The second kappa shape index (κ2) is 13.3. The molecule has 0 bridgehead atoms. The summed E-state index contributed by atoms with van der Waals surface area (Å²) in [6.07, 6.45) is 3.19. The average Bonchev–Trinajstić information content (AvgIpc) is 2.76. The molecule has 0 radical (unpaired) electrons. The molecule has 6 heteroatoms. The lowest BCUT2D eigenvalue weighted by Gasteiger charge is -2.30. The molecular weight excluding hydrogens is 491 g/mol. The monoisotopic (exact) mass is 522 g/mol. The van der Waals surface area contributed by atoms with Gasteiger partial charge < -0.3 is 15.0 Å². The average molecular weight is 522 g/mol. The highest BCUT2D eigenvalue weighted by Crippen LogP contribution is 2.15. The van der Waals surface area contributed by atoms with Gasteiger partial charge in [-0.3, -0.25) is 9.59 Å². The maximum Gasteiger partial charge on any atom is 0.261 e. The van der Waals surface area contributed by atoms with E-state index in [-0.39, 0.29) is 18.4 Å². The highest BCUT2D eigenvalue weighted by molar-refractivity contribution is 14.1. The van der Waals surface area contributed by atoms with Gasteiger partial charge in [-0.25, -0.2) is 0 Å². The molecule has 0 spiro atoms. The molecule has 2 rings (SSSR count). The van der Waals surface area contributed by atoms with Crippen molar-refractivity contribution < 1.29 is 14.3 Å². The van der Waals surface area contributed by atoms with E-state index in [1.807, 2.05) is 61.5 Å². The molecule has 1 N–H and O–H groups in total. The Hall–Kier alpha value is -2.09. The van der Waals surface area contributed by atoms with E-state index >= 15 is 0 Å². The van der Waals surface area contributed by atoms with Crippen molar-refractivity contribution >= 4 is 34.4 Å². The molecule has 0 saturated carbocycles. The summed E-state index contributed by atoms with van der Waals surface area (Å²) in [5.41, 5.74) is 1.13. The molecule has 162 valence electrons. The quantitative estimate of drug-likeness (QED) is 0.332. The largest absolute Gasteiger partial charge is 0.484 e. The van der Waals surface area contributed by atoms with Crippen LogP contribution in [0.4, 0.5) is 0 Å². The molecule has 2 aromatic carbocycles. The van der Waals surface area contributed by atoms with Gasteiger partial charge in [0.25, 0.3) is 5.91 Å². The van der Waals surface area contributed by atoms with Crippen molar-refractivity contribution in [3.8, 4) is 5.75 Å². The Morgan fingerprint density at radius 2 is 1.77 bits per heavy atom. The number of rotatable bonds is 12. The van der Waals surface area contributed by atoms with Gasteiger partial charge in [-0.1, -0.05) is 50.6 Å². The third-order valence-electron chi connectivity index (χ3n) is 4.88. The molecule has 2 amide bonds. The fourth-order valence-electron chi connectivity index (χ4n) is 3.16. The van der Waals surface area contributed by atoms with Crippen LogP contribution in [-0.2, 0) is 16.0 Å². The van der Waals surface area contributed by atoms with Gasteiger partial charge in [-0.2, -0.15) is 0 Å². The number of hydrogen-bond donors (Lipinski definition) is 1. The van der Waals surface area contributed by atoms with Crippen LogP contribution in [0.1, 0.15) is 38.7 Å². The van der Waals surface area contributed by atoms with E-state index in [1.165, 1.54) is 0 Å². The van der Waals surface area contributed by atoms with Gasteiger partial charge in [0.05, 0.1) is 0 Å². The maximum absolute atomic E-state index is 13.1. The number of nitrogens with zero attached hydrogens (tertiary/aromatic N) is 1. The Morgan fingerprint density at radius 1 is 1.07 bits per heavy atom. The number of ether oxygens (including phenoxy) is 1. The molecule has 0 saturated heterocycles. The van der Waals surface area contributed by atoms with Crippen LogP contribution in [0.25, 0.3) is 0 Å². The van der Waals surface area contributed by atoms with Gasteiger partial charge in [-0.05, 0) is 71.7 Å². The van der Waals surface area contributed by atoms with Crippen LogP contribution in [-0.4, -0.2) is 42.5 Å². The lowest BCUT2D eigenvalue weighted by atomic mass is 10.1. The van der Waals surface area contributed by atoms with Crippen molar-refractivity contribution in [1.29, 1.82) is 0 Å². The van der Waals surface area contributed by atoms with E-state index in [4.69, 9.17) is 4.74 Å². The van der Waals surface area contributed by atoms with E-state index in [0.29, 0.717) is 31.7 Å². The molecule has 0 aliphatic heterocycles. The Labute approximate surface area is 193 Å². The van der Waals surface area contributed by atoms with Crippen molar-refractivity contribution in [1.82, 2.24) is 10.2 Å². The van der Waals surface area contributed by atoms with E-state index in [2.05, 4.69) is 34.8 Å². The molecule has 5 nitrogen and oxygen atoms in total. The Bertz CT molecular complexity index is 781. The molecule has 30 heavy (non-hydrogen) atoms. The van der Waals surface area contributed by atoms with Crippen LogP contribution in [0.3, 0.4) is 0 Å². The first-order valence-electron chi connectivity index (χ1n) is 10.5.